The van der Waals surface area contributed by atoms with E-state index >= 15 is 0 Å². The fraction of sp³-hybridized carbons (Fsp3) is 0.350. The minimum absolute atomic E-state index is 0.247. The number of hydrogen-bond donors (Lipinski definition) is 0. The van der Waals surface area contributed by atoms with E-state index in [1.165, 1.54) is 41.9 Å². The van der Waals surface area contributed by atoms with Gasteiger partial charge in [0.2, 0.25) is 5.91 Å². The van der Waals surface area contributed by atoms with Crippen LogP contribution < -0.4 is 4.90 Å². The molecular weight excluding hydrogens is 302 g/mol. The molecule has 2 nitrogen and oxygen atoms in total. The molecule has 3 heteroatoms. The Labute approximate surface area is 141 Å². The van der Waals surface area contributed by atoms with E-state index in [0.717, 1.165) is 11.4 Å². The molecule has 1 heterocycles. The van der Waals surface area contributed by atoms with Gasteiger partial charge < -0.3 is 0 Å². The number of amides is 1. The molecule has 0 atom stereocenters. The second kappa shape index (κ2) is 6.40. The highest BCUT2D eigenvalue weighted by molar-refractivity contribution is 7.99. The van der Waals surface area contributed by atoms with Crippen molar-refractivity contribution >= 4 is 29.0 Å². The summed E-state index contributed by atoms with van der Waals surface area (Å²) < 4.78 is 0. The van der Waals surface area contributed by atoms with Gasteiger partial charge >= 0.3 is 0 Å². The second-order valence-electron chi connectivity index (χ2n) is 6.47. The van der Waals surface area contributed by atoms with Gasteiger partial charge in [-0.05, 0) is 43.0 Å². The van der Waals surface area contributed by atoms with E-state index in [-0.39, 0.29) is 5.91 Å². The summed E-state index contributed by atoms with van der Waals surface area (Å²) in [5.74, 6) is 0.808. The van der Waals surface area contributed by atoms with Crippen LogP contribution in [-0.4, -0.2) is 5.91 Å². The van der Waals surface area contributed by atoms with Crippen molar-refractivity contribution in [2.24, 2.45) is 5.92 Å². The SMILES string of the molecule is O=C(CC1CCCCC1)N1c2ccccc2Sc2ccccc21. The molecule has 1 aliphatic heterocycles. The Bertz CT molecular complexity index is 676. The van der Waals surface area contributed by atoms with Gasteiger partial charge in [-0.25, -0.2) is 0 Å². The first-order valence-corrected chi connectivity index (χ1v) is 9.33. The number of para-hydroxylation sites is 2. The van der Waals surface area contributed by atoms with Crippen LogP contribution in [0, 0.1) is 5.92 Å². The molecule has 0 aromatic heterocycles. The summed E-state index contributed by atoms with van der Waals surface area (Å²) in [6.45, 7) is 0. The summed E-state index contributed by atoms with van der Waals surface area (Å²) in [6, 6.07) is 16.5. The number of rotatable bonds is 2. The van der Waals surface area contributed by atoms with Crippen LogP contribution in [0.25, 0.3) is 0 Å². The molecule has 0 bridgehead atoms. The molecule has 1 amide bonds. The van der Waals surface area contributed by atoms with E-state index in [1.807, 2.05) is 29.2 Å². The summed E-state index contributed by atoms with van der Waals surface area (Å²) in [7, 11) is 0. The lowest BCUT2D eigenvalue weighted by Gasteiger charge is -2.32. The van der Waals surface area contributed by atoms with E-state index < -0.39 is 0 Å². The molecule has 0 N–H and O–H groups in total. The molecule has 1 fully saturated rings. The van der Waals surface area contributed by atoms with Crippen LogP contribution >= 0.6 is 11.8 Å². The molecule has 2 aromatic rings. The number of fused-ring (bicyclic) bond motifs is 2. The maximum absolute atomic E-state index is 13.1. The highest BCUT2D eigenvalue weighted by Gasteiger charge is 2.29. The van der Waals surface area contributed by atoms with Crippen molar-refractivity contribution in [2.75, 3.05) is 4.90 Å². The van der Waals surface area contributed by atoms with E-state index in [2.05, 4.69) is 24.3 Å². The molecule has 0 saturated heterocycles. The maximum Gasteiger partial charge on any atom is 0.231 e. The van der Waals surface area contributed by atoms with Gasteiger partial charge in [-0.15, -0.1) is 0 Å². The number of hydrogen-bond acceptors (Lipinski definition) is 2. The van der Waals surface area contributed by atoms with Crippen molar-refractivity contribution in [3.05, 3.63) is 48.5 Å². The number of carbonyl (C=O) groups is 1. The maximum atomic E-state index is 13.1. The first-order chi connectivity index (χ1) is 11.3. The highest BCUT2D eigenvalue weighted by atomic mass is 32.2. The van der Waals surface area contributed by atoms with Gasteiger partial charge in [-0.3, -0.25) is 9.69 Å². The fourth-order valence-electron chi connectivity index (χ4n) is 3.70. The van der Waals surface area contributed by atoms with Crippen LogP contribution in [0.15, 0.2) is 58.3 Å². The molecule has 0 radical (unpaired) electrons. The lowest BCUT2D eigenvalue weighted by Crippen LogP contribution is -2.30. The lowest BCUT2D eigenvalue weighted by atomic mass is 9.86. The normalized spacial score (nSPS) is 17.5. The van der Waals surface area contributed by atoms with Gasteiger partial charge in [-0.2, -0.15) is 0 Å². The number of nitrogens with zero attached hydrogens (tertiary/aromatic N) is 1. The zero-order valence-electron chi connectivity index (χ0n) is 13.2. The molecule has 2 aliphatic rings. The summed E-state index contributed by atoms with van der Waals surface area (Å²) in [4.78, 5) is 17.4. The second-order valence-corrected chi connectivity index (χ2v) is 7.56. The summed E-state index contributed by atoms with van der Waals surface area (Å²) in [5, 5.41) is 0. The van der Waals surface area contributed by atoms with Gasteiger partial charge in [0.15, 0.2) is 0 Å². The first kappa shape index (κ1) is 14.8. The van der Waals surface area contributed by atoms with Crippen molar-refractivity contribution in [3.63, 3.8) is 0 Å². The fourth-order valence-corrected chi connectivity index (χ4v) is 4.76. The monoisotopic (exact) mass is 323 g/mol. The van der Waals surface area contributed by atoms with Crippen molar-refractivity contribution in [3.8, 4) is 0 Å². The minimum Gasteiger partial charge on any atom is -0.279 e. The molecule has 0 spiro atoms. The van der Waals surface area contributed by atoms with Crippen molar-refractivity contribution in [2.45, 2.75) is 48.3 Å². The third-order valence-corrected chi connectivity index (χ3v) is 6.00. The minimum atomic E-state index is 0.247. The van der Waals surface area contributed by atoms with Crippen LogP contribution in [-0.2, 0) is 4.79 Å². The smallest absolute Gasteiger partial charge is 0.231 e. The lowest BCUT2D eigenvalue weighted by molar-refractivity contribution is -0.119. The van der Waals surface area contributed by atoms with E-state index in [4.69, 9.17) is 0 Å². The van der Waals surface area contributed by atoms with Gasteiger partial charge in [-0.1, -0.05) is 55.3 Å². The van der Waals surface area contributed by atoms with Gasteiger partial charge in [0.1, 0.15) is 0 Å². The van der Waals surface area contributed by atoms with Crippen molar-refractivity contribution in [1.82, 2.24) is 0 Å². The summed E-state index contributed by atoms with van der Waals surface area (Å²) >= 11 is 1.76. The number of anilines is 2. The largest absolute Gasteiger partial charge is 0.279 e. The Morgan fingerprint density at radius 3 is 2.09 bits per heavy atom. The Hall–Kier alpha value is -1.74. The first-order valence-electron chi connectivity index (χ1n) is 8.52. The summed E-state index contributed by atoms with van der Waals surface area (Å²) in [6.07, 6.45) is 6.97. The molecule has 4 rings (SSSR count). The molecule has 1 saturated carbocycles. The van der Waals surface area contributed by atoms with Crippen LogP contribution in [0.5, 0.6) is 0 Å². The Balaban J connectivity index is 1.67. The Kier molecular flexibility index (Phi) is 4.13. The summed E-state index contributed by atoms with van der Waals surface area (Å²) in [5.41, 5.74) is 2.08. The molecule has 1 aliphatic carbocycles. The van der Waals surface area contributed by atoms with E-state index in [1.54, 1.807) is 11.8 Å². The van der Waals surface area contributed by atoms with Gasteiger partial charge in [0.25, 0.3) is 0 Å². The van der Waals surface area contributed by atoms with Gasteiger partial charge in [0, 0.05) is 16.2 Å². The Morgan fingerprint density at radius 1 is 0.913 bits per heavy atom. The zero-order valence-corrected chi connectivity index (χ0v) is 14.0. The molecule has 2 aromatic carbocycles. The third-order valence-electron chi connectivity index (χ3n) is 4.87. The predicted molar refractivity (Wildman–Crippen MR) is 95.3 cm³/mol. The van der Waals surface area contributed by atoms with Crippen LogP contribution in [0.4, 0.5) is 11.4 Å². The van der Waals surface area contributed by atoms with Crippen molar-refractivity contribution < 1.29 is 4.79 Å². The third kappa shape index (κ3) is 2.90. The molecule has 0 unspecified atom stereocenters. The Morgan fingerprint density at radius 2 is 1.48 bits per heavy atom. The molecule has 118 valence electrons. The van der Waals surface area contributed by atoms with Crippen LogP contribution in [0.2, 0.25) is 0 Å². The van der Waals surface area contributed by atoms with Gasteiger partial charge in [0.05, 0.1) is 11.4 Å². The average molecular weight is 323 g/mol. The predicted octanol–water partition coefficient (Wildman–Crippen LogP) is 5.79. The molecule has 23 heavy (non-hydrogen) atoms. The topological polar surface area (TPSA) is 20.3 Å². The quantitative estimate of drug-likeness (QED) is 0.697. The van der Waals surface area contributed by atoms with Crippen molar-refractivity contribution in [1.29, 1.82) is 0 Å². The highest BCUT2D eigenvalue weighted by Crippen LogP contribution is 2.48. The average Bonchev–Trinajstić information content (AvgIpc) is 2.60. The number of carbonyl (C=O) groups excluding carboxylic acids is 1. The standard InChI is InChI=1S/C20H21NOS/c22-20(14-15-8-2-1-3-9-15)21-16-10-4-6-12-18(16)23-19-13-7-5-11-17(19)21/h4-7,10-13,15H,1-3,8-9,14H2. The molecular formula is C20H21NOS. The van der Waals surface area contributed by atoms with E-state index in [0.29, 0.717) is 12.3 Å². The van der Waals surface area contributed by atoms with E-state index in [9.17, 15) is 4.79 Å². The van der Waals surface area contributed by atoms with Crippen LogP contribution in [0.1, 0.15) is 38.5 Å². The number of benzene rings is 2. The van der Waals surface area contributed by atoms with Crippen LogP contribution in [0.3, 0.4) is 0 Å². The zero-order chi connectivity index (χ0) is 15.6.